The van der Waals surface area contributed by atoms with Crippen LogP contribution in [0.4, 0.5) is 10.1 Å². The number of Topliss-reactive ketones (excluding diaryl/α,β-unsaturated/α-hetero) is 1. The number of amides is 1. The number of carbonyl (C=O) groups excluding carboxylic acids is 2. The Kier molecular flexibility index (Phi) is 6.06. The fourth-order valence-electron chi connectivity index (χ4n) is 3.14. The van der Waals surface area contributed by atoms with Crippen LogP contribution in [-0.2, 0) is 0 Å². The summed E-state index contributed by atoms with van der Waals surface area (Å²) in [6, 6.07) is 14.7. The fraction of sp³-hybridized carbons (Fsp3) is 0.130. The van der Waals surface area contributed by atoms with Crippen molar-refractivity contribution in [3.63, 3.8) is 0 Å². The Morgan fingerprint density at radius 2 is 1.69 bits per heavy atom. The topological polar surface area (TPSA) is 37.4 Å². The number of carbonyl (C=O) groups is 2. The molecule has 0 aliphatic carbocycles. The lowest BCUT2D eigenvalue weighted by Gasteiger charge is -2.21. The van der Waals surface area contributed by atoms with Crippen LogP contribution >= 0.6 is 23.2 Å². The summed E-state index contributed by atoms with van der Waals surface area (Å²) in [5.41, 5.74) is 3.32. The van der Waals surface area contributed by atoms with Crippen molar-refractivity contribution in [3.8, 4) is 11.1 Å². The van der Waals surface area contributed by atoms with Crippen LogP contribution in [0.1, 0.15) is 33.2 Å². The van der Waals surface area contributed by atoms with Gasteiger partial charge in [-0.05, 0) is 67.4 Å². The molecule has 3 aromatic rings. The Hall–Kier alpha value is -2.69. The van der Waals surface area contributed by atoms with E-state index in [1.165, 1.54) is 30.0 Å². The molecular weight excluding hydrogens is 412 g/mol. The minimum absolute atomic E-state index is 0.0524. The van der Waals surface area contributed by atoms with E-state index in [0.717, 1.165) is 16.7 Å². The first kappa shape index (κ1) is 21.0. The van der Waals surface area contributed by atoms with Crippen molar-refractivity contribution in [2.45, 2.75) is 13.8 Å². The summed E-state index contributed by atoms with van der Waals surface area (Å²) in [4.78, 5) is 25.9. The summed E-state index contributed by atoms with van der Waals surface area (Å²) in [6.45, 7) is 3.34. The van der Waals surface area contributed by atoms with Crippen molar-refractivity contribution in [2.75, 3.05) is 11.9 Å². The number of hydrogen-bond donors (Lipinski definition) is 0. The van der Waals surface area contributed by atoms with Crippen LogP contribution in [0.15, 0.2) is 54.6 Å². The first-order chi connectivity index (χ1) is 13.7. The van der Waals surface area contributed by atoms with Gasteiger partial charge >= 0.3 is 0 Å². The van der Waals surface area contributed by atoms with E-state index in [9.17, 15) is 14.0 Å². The molecule has 6 heteroatoms. The van der Waals surface area contributed by atoms with Crippen LogP contribution < -0.4 is 4.90 Å². The molecule has 0 saturated carbocycles. The molecule has 0 bridgehead atoms. The molecule has 0 N–H and O–H groups in total. The number of benzene rings is 3. The first-order valence-corrected chi connectivity index (χ1v) is 9.60. The Bertz CT molecular complexity index is 1110. The highest BCUT2D eigenvalue weighted by Gasteiger charge is 2.22. The highest BCUT2D eigenvalue weighted by molar-refractivity contribution is 6.34. The molecule has 3 aromatic carbocycles. The highest BCUT2D eigenvalue weighted by Crippen LogP contribution is 2.33. The van der Waals surface area contributed by atoms with Gasteiger partial charge in [-0.25, -0.2) is 4.39 Å². The lowest BCUT2D eigenvalue weighted by atomic mass is 9.99. The van der Waals surface area contributed by atoms with Gasteiger partial charge < -0.3 is 4.90 Å². The molecule has 0 fully saturated rings. The third-order valence-electron chi connectivity index (χ3n) is 4.72. The van der Waals surface area contributed by atoms with Crippen molar-refractivity contribution >= 4 is 40.6 Å². The second-order valence-corrected chi connectivity index (χ2v) is 7.53. The van der Waals surface area contributed by atoms with E-state index in [1.807, 2.05) is 13.0 Å². The molecular formula is C23H18Cl2FNO2. The first-order valence-electron chi connectivity index (χ1n) is 8.84. The fourth-order valence-corrected chi connectivity index (χ4v) is 3.61. The largest absolute Gasteiger partial charge is 0.311 e. The van der Waals surface area contributed by atoms with Crippen LogP contribution in [0.25, 0.3) is 11.1 Å². The van der Waals surface area contributed by atoms with Gasteiger partial charge in [-0.3, -0.25) is 9.59 Å². The SMILES string of the molecule is CC(=O)c1ccc(Cl)c(-c2ccc(N(C)C(=O)c3c(F)cccc3Cl)c(C)c2)c1. The Morgan fingerprint density at radius 1 is 0.966 bits per heavy atom. The van der Waals surface area contributed by atoms with Crippen LogP contribution in [-0.4, -0.2) is 18.7 Å². The van der Waals surface area contributed by atoms with Crippen LogP contribution in [0.5, 0.6) is 0 Å². The summed E-state index contributed by atoms with van der Waals surface area (Å²) < 4.78 is 14.1. The third kappa shape index (κ3) is 4.19. The van der Waals surface area contributed by atoms with E-state index in [2.05, 4.69) is 0 Å². The Labute approximate surface area is 178 Å². The number of ketones is 1. The zero-order valence-corrected chi connectivity index (χ0v) is 17.6. The van der Waals surface area contributed by atoms with Crippen molar-refractivity contribution in [3.05, 3.63) is 87.2 Å². The van der Waals surface area contributed by atoms with E-state index in [0.29, 0.717) is 16.3 Å². The summed E-state index contributed by atoms with van der Waals surface area (Å²) >= 11 is 12.4. The summed E-state index contributed by atoms with van der Waals surface area (Å²) in [6.07, 6.45) is 0. The molecule has 0 aliphatic rings. The molecule has 0 atom stereocenters. The third-order valence-corrected chi connectivity index (χ3v) is 5.37. The van der Waals surface area contributed by atoms with Gasteiger partial charge in [0.25, 0.3) is 5.91 Å². The maximum atomic E-state index is 14.1. The summed E-state index contributed by atoms with van der Waals surface area (Å²) in [7, 11) is 1.57. The zero-order valence-electron chi connectivity index (χ0n) is 16.1. The quantitative estimate of drug-likeness (QED) is 0.438. The number of rotatable bonds is 4. The Balaban J connectivity index is 1.99. The molecule has 3 rings (SSSR count). The molecule has 29 heavy (non-hydrogen) atoms. The van der Waals surface area contributed by atoms with Crippen molar-refractivity contribution in [1.29, 1.82) is 0 Å². The zero-order chi connectivity index (χ0) is 21.3. The van der Waals surface area contributed by atoms with Gasteiger partial charge in [-0.2, -0.15) is 0 Å². The number of anilines is 1. The molecule has 0 saturated heterocycles. The van der Waals surface area contributed by atoms with E-state index >= 15 is 0 Å². The molecule has 1 amide bonds. The lowest BCUT2D eigenvalue weighted by molar-refractivity contribution is 0.0986. The van der Waals surface area contributed by atoms with Crippen LogP contribution in [0.3, 0.4) is 0 Å². The smallest absolute Gasteiger partial charge is 0.262 e. The second kappa shape index (κ2) is 8.36. The highest BCUT2D eigenvalue weighted by atomic mass is 35.5. The van der Waals surface area contributed by atoms with Crippen LogP contribution in [0, 0.1) is 12.7 Å². The van der Waals surface area contributed by atoms with Crippen molar-refractivity contribution < 1.29 is 14.0 Å². The molecule has 0 heterocycles. The number of nitrogens with zero attached hydrogens (tertiary/aromatic N) is 1. The maximum Gasteiger partial charge on any atom is 0.262 e. The van der Waals surface area contributed by atoms with Crippen molar-refractivity contribution in [2.24, 2.45) is 0 Å². The van der Waals surface area contributed by atoms with Gasteiger partial charge in [-0.15, -0.1) is 0 Å². The number of halogens is 3. The van der Waals surface area contributed by atoms with E-state index in [4.69, 9.17) is 23.2 Å². The molecule has 0 spiro atoms. The summed E-state index contributed by atoms with van der Waals surface area (Å²) in [5, 5.41) is 0.577. The predicted molar refractivity (Wildman–Crippen MR) is 116 cm³/mol. The summed E-state index contributed by atoms with van der Waals surface area (Å²) in [5.74, 6) is -1.26. The second-order valence-electron chi connectivity index (χ2n) is 6.71. The van der Waals surface area contributed by atoms with E-state index < -0.39 is 11.7 Å². The van der Waals surface area contributed by atoms with Gasteiger partial charge in [0.1, 0.15) is 5.82 Å². The predicted octanol–water partition coefficient (Wildman–Crippen LogP) is 6.59. The Morgan fingerprint density at radius 3 is 2.31 bits per heavy atom. The van der Waals surface area contributed by atoms with Crippen molar-refractivity contribution in [1.82, 2.24) is 0 Å². The maximum absolute atomic E-state index is 14.1. The van der Waals surface area contributed by atoms with Gasteiger partial charge in [0.2, 0.25) is 0 Å². The van der Waals surface area contributed by atoms with Crippen LogP contribution in [0.2, 0.25) is 10.0 Å². The molecule has 0 aromatic heterocycles. The normalized spacial score (nSPS) is 10.7. The van der Waals surface area contributed by atoms with E-state index in [-0.39, 0.29) is 16.4 Å². The minimum Gasteiger partial charge on any atom is -0.311 e. The molecule has 3 nitrogen and oxygen atoms in total. The standard InChI is InChI=1S/C23H18Cl2FNO2/c1-13-11-16(17-12-15(14(2)28)7-9-18(17)24)8-10-21(13)27(3)23(29)22-19(25)5-4-6-20(22)26/h4-12H,1-3H3. The lowest BCUT2D eigenvalue weighted by Crippen LogP contribution is -2.28. The molecule has 148 valence electrons. The van der Waals surface area contributed by atoms with Gasteiger partial charge in [-0.1, -0.05) is 35.3 Å². The number of aryl methyl sites for hydroxylation is 1. The van der Waals surface area contributed by atoms with Gasteiger partial charge in [0.05, 0.1) is 10.6 Å². The van der Waals surface area contributed by atoms with E-state index in [1.54, 1.807) is 37.4 Å². The molecule has 0 aliphatic heterocycles. The molecule has 0 radical (unpaired) electrons. The monoisotopic (exact) mass is 429 g/mol. The number of hydrogen-bond acceptors (Lipinski definition) is 2. The average Bonchev–Trinajstić information content (AvgIpc) is 2.67. The van der Waals surface area contributed by atoms with Gasteiger partial charge in [0.15, 0.2) is 5.78 Å². The average molecular weight is 430 g/mol. The minimum atomic E-state index is -0.670. The van der Waals surface area contributed by atoms with Gasteiger partial charge in [0, 0.05) is 28.9 Å². The molecule has 0 unspecified atom stereocenters.